The first-order chi connectivity index (χ1) is 8.06. The Morgan fingerprint density at radius 2 is 2.18 bits per heavy atom. The van der Waals surface area contributed by atoms with Gasteiger partial charge in [0.2, 0.25) is 0 Å². The Morgan fingerprint density at radius 3 is 2.76 bits per heavy atom. The molecule has 17 heavy (non-hydrogen) atoms. The molecule has 3 N–H and O–H groups in total. The lowest BCUT2D eigenvalue weighted by atomic mass is 10.1. The van der Waals surface area contributed by atoms with Crippen LogP contribution in [0.25, 0.3) is 0 Å². The molecule has 0 saturated heterocycles. The van der Waals surface area contributed by atoms with Crippen LogP contribution in [0.5, 0.6) is 0 Å². The van der Waals surface area contributed by atoms with Crippen LogP contribution in [0.3, 0.4) is 0 Å². The minimum Gasteiger partial charge on any atom is -0.465 e. The summed E-state index contributed by atoms with van der Waals surface area (Å²) in [5, 5.41) is 3.23. The van der Waals surface area contributed by atoms with E-state index in [0.717, 1.165) is 18.7 Å². The zero-order valence-corrected chi connectivity index (χ0v) is 10.6. The average molecular weight is 236 g/mol. The van der Waals surface area contributed by atoms with Crippen molar-refractivity contribution in [2.24, 2.45) is 5.92 Å². The van der Waals surface area contributed by atoms with Crippen LogP contribution in [0.2, 0.25) is 0 Å². The fraction of sp³-hybridized carbons (Fsp3) is 0.462. The zero-order valence-electron chi connectivity index (χ0n) is 10.6. The first-order valence-electron chi connectivity index (χ1n) is 5.77. The van der Waals surface area contributed by atoms with Crippen LogP contribution >= 0.6 is 0 Å². The molecule has 0 amide bonds. The third-order valence-corrected chi connectivity index (χ3v) is 2.55. The van der Waals surface area contributed by atoms with Crippen molar-refractivity contribution in [2.75, 3.05) is 24.7 Å². The fourth-order valence-electron chi connectivity index (χ4n) is 1.50. The first-order valence-corrected chi connectivity index (χ1v) is 5.77. The minimum atomic E-state index is -0.407. The second-order valence-corrected chi connectivity index (χ2v) is 4.37. The van der Waals surface area contributed by atoms with Crippen molar-refractivity contribution in [3.8, 4) is 0 Å². The summed E-state index contributed by atoms with van der Waals surface area (Å²) < 4.78 is 4.67. The average Bonchev–Trinajstić information content (AvgIpc) is 2.30. The van der Waals surface area contributed by atoms with Crippen molar-refractivity contribution < 1.29 is 9.53 Å². The van der Waals surface area contributed by atoms with E-state index in [1.807, 2.05) is 6.07 Å². The van der Waals surface area contributed by atoms with Gasteiger partial charge in [-0.3, -0.25) is 0 Å². The number of rotatable bonds is 5. The van der Waals surface area contributed by atoms with Gasteiger partial charge in [0.25, 0.3) is 0 Å². The fourth-order valence-corrected chi connectivity index (χ4v) is 1.50. The Hall–Kier alpha value is -1.71. The predicted octanol–water partition coefficient (Wildman–Crippen LogP) is 2.51. The van der Waals surface area contributed by atoms with E-state index >= 15 is 0 Å². The lowest BCUT2D eigenvalue weighted by molar-refractivity contribution is 0.0602. The van der Waals surface area contributed by atoms with E-state index in [2.05, 4.69) is 23.9 Å². The summed E-state index contributed by atoms with van der Waals surface area (Å²) in [7, 11) is 1.35. The number of esters is 1. The molecule has 0 aromatic heterocycles. The van der Waals surface area contributed by atoms with Crippen LogP contribution in [-0.4, -0.2) is 19.6 Å². The van der Waals surface area contributed by atoms with Gasteiger partial charge in [0.1, 0.15) is 0 Å². The highest BCUT2D eigenvalue weighted by molar-refractivity contribution is 5.98. The molecule has 0 bridgehead atoms. The van der Waals surface area contributed by atoms with E-state index in [4.69, 9.17) is 5.73 Å². The number of anilines is 2. The largest absolute Gasteiger partial charge is 0.465 e. The second-order valence-electron chi connectivity index (χ2n) is 4.37. The molecule has 0 saturated carbocycles. The number of benzene rings is 1. The Labute approximate surface area is 102 Å². The molecule has 0 radical (unpaired) electrons. The molecule has 0 heterocycles. The normalized spacial score (nSPS) is 10.4. The van der Waals surface area contributed by atoms with Gasteiger partial charge in [-0.05, 0) is 24.5 Å². The topological polar surface area (TPSA) is 64.3 Å². The van der Waals surface area contributed by atoms with Crippen molar-refractivity contribution in [3.63, 3.8) is 0 Å². The number of methoxy groups -OCH3 is 1. The summed E-state index contributed by atoms with van der Waals surface area (Å²) in [5.41, 5.74) is 7.55. The maximum absolute atomic E-state index is 11.4. The molecule has 1 rings (SSSR count). The second kappa shape index (κ2) is 6.13. The highest BCUT2D eigenvalue weighted by Gasteiger charge is 2.12. The molecule has 0 aliphatic carbocycles. The van der Waals surface area contributed by atoms with Crippen molar-refractivity contribution >= 4 is 17.3 Å². The Bertz CT molecular complexity index is 389. The molecule has 0 unspecified atom stereocenters. The predicted molar refractivity (Wildman–Crippen MR) is 70.1 cm³/mol. The number of nitrogens with one attached hydrogen (secondary N) is 1. The number of carbonyl (C=O) groups excluding carboxylic acids is 1. The Balaban J connectivity index is 2.76. The third-order valence-electron chi connectivity index (χ3n) is 2.55. The van der Waals surface area contributed by atoms with Crippen LogP contribution in [0.1, 0.15) is 30.6 Å². The van der Waals surface area contributed by atoms with Gasteiger partial charge in [0.15, 0.2) is 0 Å². The van der Waals surface area contributed by atoms with Crippen molar-refractivity contribution in [1.29, 1.82) is 0 Å². The molecular formula is C13H20N2O2. The van der Waals surface area contributed by atoms with Crippen molar-refractivity contribution in [1.82, 2.24) is 0 Å². The molecule has 0 spiro atoms. The van der Waals surface area contributed by atoms with Gasteiger partial charge in [0, 0.05) is 6.54 Å². The highest BCUT2D eigenvalue weighted by Crippen LogP contribution is 2.23. The van der Waals surface area contributed by atoms with Crippen LogP contribution in [0.15, 0.2) is 18.2 Å². The number of nitrogens with two attached hydrogens (primary N) is 1. The van der Waals surface area contributed by atoms with Gasteiger partial charge in [0.05, 0.1) is 24.0 Å². The number of carbonyl (C=O) groups is 1. The SMILES string of the molecule is COC(=O)c1cccc(NCCC(C)C)c1N. The van der Waals surface area contributed by atoms with E-state index in [1.165, 1.54) is 7.11 Å². The number of hydrogen-bond acceptors (Lipinski definition) is 4. The van der Waals surface area contributed by atoms with E-state index in [9.17, 15) is 4.79 Å². The molecule has 1 aromatic carbocycles. The Morgan fingerprint density at radius 1 is 1.47 bits per heavy atom. The van der Waals surface area contributed by atoms with Gasteiger partial charge in [-0.2, -0.15) is 0 Å². The molecule has 4 heteroatoms. The molecule has 4 nitrogen and oxygen atoms in total. The van der Waals surface area contributed by atoms with E-state index in [0.29, 0.717) is 17.2 Å². The number of hydrogen-bond donors (Lipinski definition) is 2. The summed E-state index contributed by atoms with van der Waals surface area (Å²) in [6.07, 6.45) is 1.06. The molecule has 0 atom stereocenters. The third kappa shape index (κ3) is 3.66. The number of nitrogen functional groups attached to an aromatic ring is 1. The lowest BCUT2D eigenvalue weighted by Gasteiger charge is -2.12. The zero-order chi connectivity index (χ0) is 12.8. The maximum Gasteiger partial charge on any atom is 0.340 e. The Kier molecular flexibility index (Phi) is 4.82. The van der Waals surface area contributed by atoms with Crippen molar-refractivity contribution in [3.05, 3.63) is 23.8 Å². The van der Waals surface area contributed by atoms with Gasteiger partial charge in [-0.1, -0.05) is 19.9 Å². The van der Waals surface area contributed by atoms with E-state index in [1.54, 1.807) is 12.1 Å². The summed E-state index contributed by atoms with van der Waals surface area (Å²) >= 11 is 0. The summed E-state index contributed by atoms with van der Waals surface area (Å²) in [6, 6.07) is 5.32. The van der Waals surface area contributed by atoms with E-state index < -0.39 is 5.97 Å². The van der Waals surface area contributed by atoms with Crippen LogP contribution in [-0.2, 0) is 4.74 Å². The molecule has 0 aliphatic heterocycles. The number of ether oxygens (including phenoxy) is 1. The maximum atomic E-state index is 11.4. The monoisotopic (exact) mass is 236 g/mol. The quantitative estimate of drug-likeness (QED) is 0.609. The summed E-state index contributed by atoms with van der Waals surface area (Å²) in [5.74, 6) is 0.225. The van der Waals surface area contributed by atoms with Crippen LogP contribution in [0.4, 0.5) is 11.4 Å². The standard InChI is InChI=1S/C13H20N2O2/c1-9(2)7-8-15-11-6-4-5-10(12(11)14)13(16)17-3/h4-6,9,15H,7-8,14H2,1-3H3. The first kappa shape index (κ1) is 13.4. The van der Waals surface area contributed by atoms with Gasteiger partial charge in [-0.25, -0.2) is 4.79 Å². The molecule has 0 aliphatic rings. The smallest absolute Gasteiger partial charge is 0.340 e. The summed E-state index contributed by atoms with van der Waals surface area (Å²) in [4.78, 5) is 11.4. The van der Waals surface area contributed by atoms with Gasteiger partial charge in [-0.15, -0.1) is 0 Å². The molecular weight excluding hydrogens is 216 g/mol. The molecule has 1 aromatic rings. The highest BCUT2D eigenvalue weighted by atomic mass is 16.5. The minimum absolute atomic E-state index is 0.405. The molecule has 0 fully saturated rings. The number of para-hydroxylation sites is 1. The summed E-state index contributed by atoms with van der Waals surface area (Å²) in [6.45, 7) is 5.16. The van der Waals surface area contributed by atoms with Gasteiger partial charge < -0.3 is 15.8 Å². The molecule has 94 valence electrons. The van der Waals surface area contributed by atoms with Crippen molar-refractivity contribution in [2.45, 2.75) is 20.3 Å². The lowest BCUT2D eigenvalue weighted by Crippen LogP contribution is -2.10. The van der Waals surface area contributed by atoms with Crippen LogP contribution < -0.4 is 11.1 Å². The van der Waals surface area contributed by atoms with E-state index in [-0.39, 0.29) is 0 Å². The van der Waals surface area contributed by atoms with Gasteiger partial charge >= 0.3 is 5.97 Å². The van der Waals surface area contributed by atoms with Crippen LogP contribution in [0, 0.1) is 5.92 Å².